The maximum Gasteiger partial charge on any atom is -0.00773 e. The normalized spacial score (nSPS) is 11.1. The Hall–Kier alpha value is -1.60. The van der Waals surface area contributed by atoms with Crippen molar-refractivity contribution in [2.75, 3.05) is 6.54 Å². The first-order valence-electron chi connectivity index (χ1n) is 9.66. The molecule has 0 fully saturated rings. The third-order valence-electron chi connectivity index (χ3n) is 4.93. The number of aryl methyl sites for hydroxylation is 2. The lowest BCUT2D eigenvalue weighted by atomic mass is 9.89. The van der Waals surface area contributed by atoms with Crippen molar-refractivity contribution >= 4 is 0 Å². The van der Waals surface area contributed by atoms with Crippen LogP contribution in [-0.2, 0) is 12.8 Å². The molecule has 130 valence electrons. The van der Waals surface area contributed by atoms with E-state index in [1.807, 2.05) is 0 Å². The first kappa shape index (κ1) is 18.7. The third kappa shape index (κ3) is 7.79. The Bertz CT molecular complexity index is 477. The minimum atomic E-state index is 0.836. The molecule has 2 aromatic carbocycles. The summed E-state index contributed by atoms with van der Waals surface area (Å²) in [5.74, 6) is 0.836. The van der Waals surface area contributed by atoms with Crippen LogP contribution in [0.2, 0.25) is 0 Å². The summed E-state index contributed by atoms with van der Waals surface area (Å²) >= 11 is 0. The Morgan fingerprint density at radius 2 is 1.08 bits per heavy atom. The highest BCUT2D eigenvalue weighted by Crippen LogP contribution is 2.22. The van der Waals surface area contributed by atoms with Gasteiger partial charge in [-0.25, -0.2) is 0 Å². The summed E-state index contributed by atoms with van der Waals surface area (Å²) in [4.78, 5) is 0. The average Bonchev–Trinajstić information content (AvgIpc) is 2.65. The summed E-state index contributed by atoms with van der Waals surface area (Å²) in [5, 5.41) is 0. The predicted molar refractivity (Wildman–Crippen MR) is 105 cm³/mol. The summed E-state index contributed by atoms with van der Waals surface area (Å²) in [7, 11) is 0. The number of rotatable bonds is 12. The van der Waals surface area contributed by atoms with Gasteiger partial charge in [-0.2, -0.15) is 0 Å². The fourth-order valence-electron chi connectivity index (χ4n) is 3.39. The SMILES string of the molecule is NCCCCCCC(CCc1ccccc1)CCc1ccccc1. The minimum Gasteiger partial charge on any atom is -0.330 e. The molecule has 0 saturated carbocycles. The number of hydrogen-bond donors (Lipinski definition) is 1. The van der Waals surface area contributed by atoms with Gasteiger partial charge in [-0.3, -0.25) is 0 Å². The highest BCUT2D eigenvalue weighted by Gasteiger charge is 2.09. The Labute approximate surface area is 148 Å². The van der Waals surface area contributed by atoms with Crippen LogP contribution in [-0.4, -0.2) is 6.54 Å². The smallest absolute Gasteiger partial charge is 0.00773 e. The van der Waals surface area contributed by atoms with Gasteiger partial charge in [-0.15, -0.1) is 0 Å². The molecule has 0 bridgehead atoms. The number of nitrogens with two attached hydrogens (primary N) is 1. The molecule has 0 unspecified atom stereocenters. The molecule has 2 rings (SSSR count). The molecule has 0 spiro atoms. The average molecular weight is 324 g/mol. The molecular weight excluding hydrogens is 290 g/mol. The maximum absolute atomic E-state index is 5.59. The topological polar surface area (TPSA) is 26.0 Å². The van der Waals surface area contributed by atoms with E-state index in [-0.39, 0.29) is 0 Å². The lowest BCUT2D eigenvalue weighted by Crippen LogP contribution is -2.05. The molecule has 0 saturated heterocycles. The fourth-order valence-corrected chi connectivity index (χ4v) is 3.39. The van der Waals surface area contributed by atoms with Crippen LogP contribution in [0.3, 0.4) is 0 Å². The van der Waals surface area contributed by atoms with E-state index in [9.17, 15) is 0 Å². The van der Waals surface area contributed by atoms with Crippen molar-refractivity contribution in [2.45, 2.75) is 57.8 Å². The second-order valence-corrected chi connectivity index (χ2v) is 6.91. The summed E-state index contributed by atoms with van der Waals surface area (Å²) in [6.07, 6.45) is 11.6. The molecule has 0 heterocycles. The Kier molecular flexibility index (Phi) is 9.26. The summed E-state index contributed by atoms with van der Waals surface area (Å²) in [6.45, 7) is 0.839. The van der Waals surface area contributed by atoms with Crippen LogP contribution in [0, 0.1) is 5.92 Å². The van der Waals surface area contributed by atoms with Crippen LogP contribution >= 0.6 is 0 Å². The number of unbranched alkanes of at least 4 members (excludes halogenated alkanes) is 3. The third-order valence-corrected chi connectivity index (χ3v) is 4.93. The van der Waals surface area contributed by atoms with E-state index in [1.165, 1.54) is 68.9 Å². The lowest BCUT2D eigenvalue weighted by Gasteiger charge is -2.17. The van der Waals surface area contributed by atoms with Gasteiger partial charge in [0, 0.05) is 0 Å². The van der Waals surface area contributed by atoms with Crippen LogP contribution in [0.1, 0.15) is 56.1 Å². The number of benzene rings is 2. The Morgan fingerprint density at radius 1 is 0.583 bits per heavy atom. The van der Waals surface area contributed by atoms with Gasteiger partial charge >= 0.3 is 0 Å². The first-order chi connectivity index (χ1) is 11.9. The molecule has 0 aliphatic rings. The summed E-state index contributed by atoms with van der Waals surface area (Å²) in [6, 6.07) is 21.9. The molecule has 0 atom stereocenters. The zero-order valence-corrected chi connectivity index (χ0v) is 15.0. The second-order valence-electron chi connectivity index (χ2n) is 6.91. The van der Waals surface area contributed by atoms with Gasteiger partial charge in [-0.05, 0) is 55.7 Å². The molecule has 24 heavy (non-hydrogen) atoms. The quantitative estimate of drug-likeness (QED) is 0.492. The zero-order valence-electron chi connectivity index (χ0n) is 15.0. The van der Waals surface area contributed by atoms with Crippen molar-refractivity contribution in [2.24, 2.45) is 11.7 Å². The second kappa shape index (κ2) is 11.9. The predicted octanol–water partition coefficient (Wildman–Crippen LogP) is 5.78. The standard InChI is InChI=1S/C23H33N/c24-20-10-2-1-5-15-23(18-16-21-11-6-3-7-12-21)19-17-22-13-8-4-9-14-22/h3-4,6-9,11-14,23H,1-2,5,10,15-20,24H2. The highest BCUT2D eigenvalue weighted by atomic mass is 14.5. The van der Waals surface area contributed by atoms with E-state index in [4.69, 9.17) is 5.73 Å². The molecule has 0 aliphatic carbocycles. The summed E-state index contributed by atoms with van der Waals surface area (Å²) in [5.41, 5.74) is 8.55. The van der Waals surface area contributed by atoms with Crippen LogP contribution in [0.5, 0.6) is 0 Å². The van der Waals surface area contributed by atoms with E-state index < -0.39 is 0 Å². The Morgan fingerprint density at radius 3 is 1.58 bits per heavy atom. The van der Waals surface area contributed by atoms with Crippen LogP contribution in [0.25, 0.3) is 0 Å². The van der Waals surface area contributed by atoms with Crippen molar-refractivity contribution < 1.29 is 0 Å². The van der Waals surface area contributed by atoms with E-state index in [0.29, 0.717) is 0 Å². The largest absolute Gasteiger partial charge is 0.330 e. The molecule has 1 heteroatoms. The molecule has 2 aromatic rings. The van der Waals surface area contributed by atoms with Gasteiger partial charge in [0.05, 0.1) is 0 Å². The van der Waals surface area contributed by atoms with E-state index in [0.717, 1.165) is 12.5 Å². The van der Waals surface area contributed by atoms with Gasteiger partial charge in [-0.1, -0.05) is 86.3 Å². The lowest BCUT2D eigenvalue weighted by molar-refractivity contribution is 0.399. The molecule has 0 aromatic heterocycles. The molecule has 0 amide bonds. The van der Waals surface area contributed by atoms with E-state index in [2.05, 4.69) is 60.7 Å². The van der Waals surface area contributed by atoms with Crippen LogP contribution < -0.4 is 5.73 Å². The van der Waals surface area contributed by atoms with Crippen molar-refractivity contribution in [3.63, 3.8) is 0 Å². The van der Waals surface area contributed by atoms with Crippen LogP contribution in [0.4, 0.5) is 0 Å². The van der Waals surface area contributed by atoms with Crippen molar-refractivity contribution in [3.05, 3.63) is 71.8 Å². The van der Waals surface area contributed by atoms with Crippen LogP contribution in [0.15, 0.2) is 60.7 Å². The zero-order chi connectivity index (χ0) is 16.9. The van der Waals surface area contributed by atoms with Gasteiger partial charge in [0.1, 0.15) is 0 Å². The number of hydrogen-bond acceptors (Lipinski definition) is 1. The molecular formula is C23H33N. The van der Waals surface area contributed by atoms with Gasteiger partial charge in [0.15, 0.2) is 0 Å². The van der Waals surface area contributed by atoms with E-state index in [1.54, 1.807) is 0 Å². The molecule has 1 nitrogen and oxygen atoms in total. The molecule has 2 N–H and O–H groups in total. The van der Waals surface area contributed by atoms with Gasteiger partial charge in [0.2, 0.25) is 0 Å². The minimum absolute atomic E-state index is 0.836. The molecule has 0 aliphatic heterocycles. The van der Waals surface area contributed by atoms with E-state index >= 15 is 0 Å². The maximum atomic E-state index is 5.59. The first-order valence-corrected chi connectivity index (χ1v) is 9.66. The summed E-state index contributed by atoms with van der Waals surface area (Å²) < 4.78 is 0. The van der Waals surface area contributed by atoms with Gasteiger partial charge in [0.25, 0.3) is 0 Å². The Balaban J connectivity index is 1.78. The monoisotopic (exact) mass is 323 g/mol. The van der Waals surface area contributed by atoms with Crippen molar-refractivity contribution in [1.29, 1.82) is 0 Å². The fraction of sp³-hybridized carbons (Fsp3) is 0.478. The molecule has 0 radical (unpaired) electrons. The van der Waals surface area contributed by atoms with Crippen molar-refractivity contribution in [3.8, 4) is 0 Å². The highest BCUT2D eigenvalue weighted by molar-refractivity contribution is 5.15. The van der Waals surface area contributed by atoms with Crippen molar-refractivity contribution in [1.82, 2.24) is 0 Å². The van der Waals surface area contributed by atoms with Gasteiger partial charge < -0.3 is 5.73 Å².